The second-order valence-corrected chi connectivity index (χ2v) is 12.5. The first-order valence-electron chi connectivity index (χ1n) is 13.0. The lowest BCUT2D eigenvalue weighted by atomic mass is 9.82. The van der Waals surface area contributed by atoms with Crippen molar-refractivity contribution in [2.75, 3.05) is 31.6 Å². The summed E-state index contributed by atoms with van der Waals surface area (Å²) >= 11 is 0. The SMILES string of the molecule is COC(=O)c1c(C)cc(N2CCN(C(=O)c3cnc(OS(=O)(=O)C(F)(F)F)c(CC4CCC4)n3)C(C)(C)C2)nc1C. The molecule has 11 nitrogen and oxygen atoms in total. The fraction of sp³-hybridized carbons (Fsp3) is 0.577. The van der Waals surface area contributed by atoms with Crippen molar-refractivity contribution in [3.05, 3.63) is 40.5 Å². The monoisotopic (exact) mass is 599 g/mol. The van der Waals surface area contributed by atoms with Crippen molar-refractivity contribution in [1.29, 1.82) is 0 Å². The Balaban J connectivity index is 1.57. The number of nitrogens with zero attached hydrogens (tertiary/aromatic N) is 5. The van der Waals surface area contributed by atoms with Gasteiger partial charge < -0.3 is 18.7 Å². The van der Waals surface area contributed by atoms with Crippen molar-refractivity contribution in [3.63, 3.8) is 0 Å². The van der Waals surface area contributed by atoms with E-state index < -0.39 is 38.9 Å². The van der Waals surface area contributed by atoms with Gasteiger partial charge in [0.2, 0.25) is 0 Å². The fourth-order valence-electron chi connectivity index (χ4n) is 5.09. The highest BCUT2D eigenvalue weighted by molar-refractivity contribution is 7.87. The number of ether oxygens (including phenoxy) is 1. The lowest BCUT2D eigenvalue weighted by Crippen LogP contribution is -2.61. The van der Waals surface area contributed by atoms with Gasteiger partial charge in [-0.15, -0.1) is 0 Å². The summed E-state index contributed by atoms with van der Waals surface area (Å²) in [5.74, 6) is -1.02. The molecule has 15 heteroatoms. The number of hydrogen-bond donors (Lipinski definition) is 0. The van der Waals surface area contributed by atoms with Crippen LogP contribution in [0, 0.1) is 19.8 Å². The van der Waals surface area contributed by atoms with Gasteiger partial charge in [0.15, 0.2) is 0 Å². The third kappa shape index (κ3) is 6.23. The van der Waals surface area contributed by atoms with Crippen LogP contribution in [0.1, 0.15) is 70.9 Å². The van der Waals surface area contributed by atoms with E-state index in [0.29, 0.717) is 35.7 Å². The van der Waals surface area contributed by atoms with Crippen LogP contribution in [0.2, 0.25) is 0 Å². The molecule has 2 fully saturated rings. The van der Waals surface area contributed by atoms with Crippen LogP contribution in [-0.4, -0.2) is 77.9 Å². The molecule has 1 amide bonds. The summed E-state index contributed by atoms with van der Waals surface area (Å²) in [6.45, 7) is 8.29. The number of piperazine rings is 1. The summed E-state index contributed by atoms with van der Waals surface area (Å²) in [5.41, 5.74) is -4.96. The van der Waals surface area contributed by atoms with Gasteiger partial charge in [0.05, 0.1) is 30.1 Å². The normalized spacial score (nSPS) is 17.7. The smallest absolute Gasteiger partial charge is 0.465 e. The first-order valence-corrected chi connectivity index (χ1v) is 14.4. The van der Waals surface area contributed by atoms with Gasteiger partial charge in [0.25, 0.3) is 11.8 Å². The number of carbonyl (C=O) groups is 2. The molecule has 4 rings (SSSR count). The van der Waals surface area contributed by atoms with Gasteiger partial charge in [0.1, 0.15) is 17.2 Å². The number of hydrogen-bond acceptors (Lipinski definition) is 10. The van der Waals surface area contributed by atoms with Crippen molar-refractivity contribution < 1.29 is 40.1 Å². The zero-order valence-electron chi connectivity index (χ0n) is 23.4. The molecule has 2 aromatic heterocycles. The first-order chi connectivity index (χ1) is 19.0. The molecule has 1 saturated heterocycles. The molecule has 0 radical (unpaired) electrons. The van der Waals surface area contributed by atoms with E-state index in [0.717, 1.165) is 25.5 Å². The lowest BCUT2D eigenvalue weighted by Gasteiger charge is -2.47. The van der Waals surface area contributed by atoms with Crippen LogP contribution in [-0.2, 0) is 21.3 Å². The van der Waals surface area contributed by atoms with Gasteiger partial charge in [-0.3, -0.25) is 4.79 Å². The van der Waals surface area contributed by atoms with Crippen molar-refractivity contribution in [3.8, 4) is 5.88 Å². The molecule has 2 aliphatic rings. The van der Waals surface area contributed by atoms with Crippen molar-refractivity contribution >= 4 is 27.8 Å². The summed E-state index contributed by atoms with van der Waals surface area (Å²) in [7, 11) is -4.65. The number of methoxy groups -OCH3 is 1. The quantitative estimate of drug-likeness (QED) is 0.264. The third-order valence-corrected chi connectivity index (χ3v) is 8.39. The van der Waals surface area contributed by atoms with E-state index >= 15 is 0 Å². The molecule has 3 heterocycles. The zero-order chi connectivity index (χ0) is 30.3. The van der Waals surface area contributed by atoms with Crippen molar-refractivity contribution in [1.82, 2.24) is 19.9 Å². The number of halogens is 3. The number of amides is 1. The molecule has 1 aliphatic carbocycles. The predicted molar refractivity (Wildman–Crippen MR) is 141 cm³/mol. The Kier molecular flexibility index (Phi) is 8.22. The number of alkyl halides is 3. The fourth-order valence-corrected chi connectivity index (χ4v) is 5.53. The third-order valence-electron chi connectivity index (χ3n) is 7.45. The van der Waals surface area contributed by atoms with Crippen LogP contribution in [0.15, 0.2) is 12.3 Å². The number of anilines is 1. The first kappa shape index (κ1) is 30.5. The molecule has 0 aromatic carbocycles. The molecule has 1 aliphatic heterocycles. The number of esters is 1. The van der Waals surface area contributed by atoms with Crippen LogP contribution in [0.25, 0.3) is 0 Å². The number of pyridine rings is 1. The topological polar surface area (TPSA) is 132 Å². The second kappa shape index (κ2) is 11.1. The van der Waals surface area contributed by atoms with Crippen LogP contribution in [0.4, 0.5) is 19.0 Å². The molecule has 0 unspecified atom stereocenters. The van der Waals surface area contributed by atoms with Gasteiger partial charge >= 0.3 is 21.6 Å². The number of aromatic nitrogens is 3. The van der Waals surface area contributed by atoms with Gasteiger partial charge in [-0.2, -0.15) is 21.6 Å². The molecular weight excluding hydrogens is 567 g/mol. The summed E-state index contributed by atoms with van der Waals surface area (Å²) in [5, 5.41) is 0. The van der Waals surface area contributed by atoms with Gasteiger partial charge in [0, 0.05) is 19.6 Å². The molecule has 0 spiro atoms. The Hall–Kier alpha value is -3.49. The van der Waals surface area contributed by atoms with E-state index in [1.54, 1.807) is 24.8 Å². The van der Waals surface area contributed by atoms with Crippen LogP contribution >= 0.6 is 0 Å². The van der Waals surface area contributed by atoms with E-state index in [1.807, 2.05) is 18.7 Å². The van der Waals surface area contributed by atoms with E-state index in [-0.39, 0.29) is 30.3 Å². The zero-order valence-corrected chi connectivity index (χ0v) is 24.2. The lowest BCUT2D eigenvalue weighted by molar-refractivity contribution is -0.0502. The van der Waals surface area contributed by atoms with E-state index in [4.69, 9.17) is 4.74 Å². The maximum atomic E-state index is 13.6. The highest BCUT2D eigenvalue weighted by Gasteiger charge is 2.49. The summed E-state index contributed by atoms with van der Waals surface area (Å²) in [6, 6.07) is 1.79. The second-order valence-electron chi connectivity index (χ2n) is 10.9. The Labute approximate surface area is 236 Å². The molecule has 41 heavy (non-hydrogen) atoms. The Bertz CT molecular complexity index is 1440. The number of rotatable bonds is 7. The maximum Gasteiger partial charge on any atom is 0.534 e. The largest absolute Gasteiger partial charge is 0.534 e. The minimum atomic E-state index is -5.95. The Morgan fingerprint density at radius 3 is 2.37 bits per heavy atom. The van der Waals surface area contributed by atoms with Gasteiger partial charge in [-0.25, -0.2) is 19.7 Å². The minimum absolute atomic E-state index is 0.0792. The summed E-state index contributed by atoms with van der Waals surface area (Å²) in [6.07, 6.45) is 3.61. The van der Waals surface area contributed by atoms with Crippen LogP contribution < -0.4 is 9.08 Å². The van der Waals surface area contributed by atoms with Gasteiger partial charge in [-0.1, -0.05) is 19.3 Å². The number of carbonyl (C=O) groups excluding carboxylic acids is 2. The molecule has 0 N–H and O–H groups in total. The summed E-state index contributed by atoms with van der Waals surface area (Å²) < 4.78 is 71.2. The molecule has 2 aromatic rings. The van der Waals surface area contributed by atoms with Crippen molar-refractivity contribution in [2.45, 2.75) is 64.4 Å². The molecule has 0 atom stereocenters. The molecular formula is C26H32F3N5O6S. The molecule has 224 valence electrons. The van der Waals surface area contributed by atoms with Crippen LogP contribution in [0.3, 0.4) is 0 Å². The summed E-state index contributed by atoms with van der Waals surface area (Å²) in [4.78, 5) is 41.9. The predicted octanol–water partition coefficient (Wildman–Crippen LogP) is 3.59. The van der Waals surface area contributed by atoms with Crippen molar-refractivity contribution in [2.24, 2.45) is 5.92 Å². The van der Waals surface area contributed by atoms with E-state index in [2.05, 4.69) is 19.1 Å². The Morgan fingerprint density at radius 2 is 1.83 bits per heavy atom. The van der Waals surface area contributed by atoms with Crippen LogP contribution in [0.5, 0.6) is 5.88 Å². The number of aryl methyl sites for hydroxylation is 2. The average Bonchev–Trinajstić information content (AvgIpc) is 2.84. The highest BCUT2D eigenvalue weighted by Crippen LogP contribution is 2.34. The van der Waals surface area contributed by atoms with Gasteiger partial charge in [-0.05, 0) is 51.7 Å². The minimum Gasteiger partial charge on any atom is -0.465 e. The van der Waals surface area contributed by atoms with E-state index in [9.17, 15) is 31.2 Å². The molecule has 0 bridgehead atoms. The molecule has 1 saturated carbocycles. The Morgan fingerprint density at radius 1 is 1.15 bits per heavy atom. The van der Waals surface area contributed by atoms with E-state index in [1.165, 1.54) is 7.11 Å². The standard InChI is InChI=1S/C26H32F3N5O6S/c1-15-11-20(31-16(2)21(15)24(36)39-5)33-9-10-34(25(3,4)14-33)23(35)19-13-30-22(40-41(37,38)26(27,28)29)18(32-19)12-17-7-6-8-17/h11,13,17H,6-10,12,14H2,1-5H3. The highest BCUT2D eigenvalue weighted by atomic mass is 32.2. The average molecular weight is 600 g/mol. The maximum absolute atomic E-state index is 13.6.